The van der Waals surface area contributed by atoms with Crippen LogP contribution in [0.15, 0.2) is 60.3 Å². The first-order valence-corrected chi connectivity index (χ1v) is 8.73. The molecule has 6 nitrogen and oxygen atoms in total. The van der Waals surface area contributed by atoms with Gasteiger partial charge in [-0.1, -0.05) is 24.3 Å². The van der Waals surface area contributed by atoms with E-state index in [2.05, 4.69) is 0 Å². The van der Waals surface area contributed by atoms with Gasteiger partial charge in [0.2, 0.25) is 5.72 Å². The standard InChI is InChI=1S/C20H18F4N2O4/c1-29-15-4-2-3-5-16(15)30-11-12-6-8-13(9-7-12)18(27)26-20(28,19(23)24)10-14(25-26)17(21)22/h2-10,17,19,25,28H,11H2,1H3. The average molecular weight is 426 g/mol. The van der Waals surface area contributed by atoms with Crippen molar-refractivity contribution in [3.05, 3.63) is 71.4 Å². The third-order valence-electron chi connectivity index (χ3n) is 4.39. The summed E-state index contributed by atoms with van der Waals surface area (Å²) in [6, 6.07) is 12.7. The molecule has 0 spiro atoms. The number of aliphatic hydroxyl groups is 1. The fourth-order valence-corrected chi connectivity index (χ4v) is 2.80. The van der Waals surface area contributed by atoms with Gasteiger partial charge in [0.05, 0.1) is 12.8 Å². The molecule has 0 saturated carbocycles. The van der Waals surface area contributed by atoms with Crippen molar-refractivity contribution in [1.82, 2.24) is 10.4 Å². The molecule has 1 unspecified atom stereocenters. The minimum atomic E-state index is -3.50. The number of alkyl halides is 4. The first-order valence-electron chi connectivity index (χ1n) is 8.73. The molecule has 3 rings (SSSR count). The highest BCUT2D eigenvalue weighted by molar-refractivity contribution is 5.95. The quantitative estimate of drug-likeness (QED) is 0.665. The van der Waals surface area contributed by atoms with E-state index in [1.165, 1.54) is 31.4 Å². The fourth-order valence-electron chi connectivity index (χ4n) is 2.80. The number of carbonyl (C=O) groups is 1. The van der Waals surface area contributed by atoms with Crippen LogP contribution in [0.3, 0.4) is 0 Å². The Hall–Kier alpha value is -3.27. The summed E-state index contributed by atoms with van der Waals surface area (Å²) in [6.45, 7) is 0.134. The van der Waals surface area contributed by atoms with Gasteiger partial charge in [0.1, 0.15) is 6.61 Å². The number of nitrogens with one attached hydrogen (secondary N) is 1. The molecule has 160 valence electrons. The van der Waals surface area contributed by atoms with Gasteiger partial charge >= 0.3 is 0 Å². The molecule has 0 radical (unpaired) electrons. The van der Waals surface area contributed by atoms with Crippen LogP contribution in [0.4, 0.5) is 17.6 Å². The van der Waals surface area contributed by atoms with E-state index in [0.29, 0.717) is 17.1 Å². The number of methoxy groups -OCH3 is 1. The Labute approximate surface area is 169 Å². The van der Waals surface area contributed by atoms with E-state index >= 15 is 0 Å². The van der Waals surface area contributed by atoms with Crippen LogP contribution in [0.25, 0.3) is 0 Å². The van der Waals surface area contributed by atoms with E-state index in [4.69, 9.17) is 9.47 Å². The fraction of sp³-hybridized carbons (Fsp3) is 0.250. The SMILES string of the molecule is COc1ccccc1OCc1ccc(C(=O)N2NC(C(F)F)=CC2(O)C(F)F)cc1. The summed E-state index contributed by atoms with van der Waals surface area (Å²) in [5.74, 6) is -0.0473. The predicted molar refractivity (Wildman–Crippen MR) is 98.1 cm³/mol. The number of allylic oxidation sites excluding steroid dienone is 1. The second-order valence-electron chi connectivity index (χ2n) is 6.37. The molecule has 1 heterocycles. The Kier molecular flexibility index (Phi) is 6.16. The number of benzene rings is 2. The molecule has 0 fully saturated rings. The second-order valence-corrected chi connectivity index (χ2v) is 6.37. The zero-order valence-electron chi connectivity index (χ0n) is 15.7. The first-order chi connectivity index (χ1) is 14.3. The molecule has 0 bridgehead atoms. The maximum atomic E-state index is 13.3. The highest BCUT2D eigenvalue weighted by Crippen LogP contribution is 2.31. The van der Waals surface area contributed by atoms with Crippen LogP contribution in [0.5, 0.6) is 11.5 Å². The van der Waals surface area contributed by atoms with Crippen LogP contribution in [0.2, 0.25) is 0 Å². The van der Waals surface area contributed by atoms with Crippen LogP contribution >= 0.6 is 0 Å². The number of halogens is 4. The van der Waals surface area contributed by atoms with Crippen molar-refractivity contribution in [1.29, 1.82) is 0 Å². The lowest BCUT2D eigenvalue weighted by atomic mass is 10.1. The van der Waals surface area contributed by atoms with E-state index in [9.17, 15) is 27.5 Å². The van der Waals surface area contributed by atoms with Crippen molar-refractivity contribution in [2.75, 3.05) is 7.11 Å². The average Bonchev–Trinajstić information content (AvgIpc) is 3.11. The van der Waals surface area contributed by atoms with Crippen LogP contribution in [0, 0.1) is 0 Å². The number of hydrogen-bond donors (Lipinski definition) is 2. The summed E-state index contributed by atoms with van der Waals surface area (Å²) < 4.78 is 63.1. The molecular weight excluding hydrogens is 408 g/mol. The van der Waals surface area contributed by atoms with Crippen molar-refractivity contribution in [3.8, 4) is 11.5 Å². The third kappa shape index (κ3) is 4.18. The first kappa shape index (κ1) is 21.4. The topological polar surface area (TPSA) is 71.0 Å². The number of carbonyl (C=O) groups excluding carboxylic acids is 1. The number of hydrogen-bond acceptors (Lipinski definition) is 5. The lowest BCUT2D eigenvalue weighted by Gasteiger charge is -2.31. The highest BCUT2D eigenvalue weighted by atomic mass is 19.3. The molecule has 1 aliphatic heterocycles. The van der Waals surface area contributed by atoms with Crippen LogP contribution in [-0.2, 0) is 6.61 Å². The molecule has 2 N–H and O–H groups in total. The van der Waals surface area contributed by atoms with E-state index in [1.807, 2.05) is 5.43 Å². The van der Waals surface area contributed by atoms with Crippen molar-refractivity contribution in [3.63, 3.8) is 0 Å². The maximum Gasteiger partial charge on any atom is 0.291 e. The number of hydrazine groups is 1. The van der Waals surface area contributed by atoms with E-state index in [-0.39, 0.29) is 23.3 Å². The molecule has 2 aromatic rings. The Morgan fingerprint density at radius 2 is 1.73 bits per heavy atom. The minimum Gasteiger partial charge on any atom is -0.493 e. The van der Waals surface area contributed by atoms with Gasteiger partial charge in [0.25, 0.3) is 18.8 Å². The number of rotatable bonds is 7. The Bertz CT molecular complexity index is 937. The van der Waals surface area contributed by atoms with Crippen molar-refractivity contribution in [2.45, 2.75) is 25.2 Å². The Morgan fingerprint density at radius 1 is 1.10 bits per heavy atom. The van der Waals surface area contributed by atoms with Gasteiger partial charge in [-0.3, -0.25) is 10.2 Å². The molecule has 30 heavy (non-hydrogen) atoms. The van der Waals surface area contributed by atoms with Crippen LogP contribution in [0.1, 0.15) is 15.9 Å². The Balaban J connectivity index is 1.72. The molecule has 10 heteroatoms. The molecule has 1 amide bonds. The van der Waals surface area contributed by atoms with E-state index < -0.39 is 30.2 Å². The van der Waals surface area contributed by atoms with Gasteiger partial charge in [0.15, 0.2) is 11.5 Å². The zero-order chi connectivity index (χ0) is 21.9. The normalized spacial score (nSPS) is 18.4. The van der Waals surface area contributed by atoms with Gasteiger partial charge in [-0.25, -0.2) is 22.6 Å². The number of ether oxygens (including phenoxy) is 2. The highest BCUT2D eigenvalue weighted by Gasteiger charge is 2.51. The molecule has 1 aliphatic rings. The van der Waals surface area contributed by atoms with Gasteiger partial charge in [-0.2, -0.15) is 0 Å². The lowest BCUT2D eigenvalue weighted by molar-refractivity contribution is -0.146. The maximum absolute atomic E-state index is 13.3. The van der Waals surface area contributed by atoms with Crippen molar-refractivity contribution in [2.24, 2.45) is 0 Å². The molecule has 1 atom stereocenters. The van der Waals surface area contributed by atoms with Crippen molar-refractivity contribution < 1.29 is 36.9 Å². The summed E-state index contributed by atoms with van der Waals surface area (Å²) in [7, 11) is 1.50. The smallest absolute Gasteiger partial charge is 0.291 e. The number of para-hydroxylation sites is 2. The molecule has 0 aromatic heterocycles. The summed E-state index contributed by atoms with van der Waals surface area (Å²) >= 11 is 0. The summed E-state index contributed by atoms with van der Waals surface area (Å²) in [4.78, 5) is 12.6. The molecule has 0 aliphatic carbocycles. The minimum absolute atomic E-state index is 0.0912. The van der Waals surface area contributed by atoms with E-state index in [0.717, 1.165) is 0 Å². The summed E-state index contributed by atoms with van der Waals surface area (Å²) in [5.41, 5.74) is -1.74. The summed E-state index contributed by atoms with van der Waals surface area (Å²) in [6.07, 6.45) is -6.42. The van der Waals surface area contributed by atoms with Gasteiger partial charge < -0.3 is 14.6 Å². The zero-order valence-corrected chi connectivity index (χ0v) is 15.7. The monoisotopic (exact) mass is 426 g/mol. The molecular formula is C20H18F4N2O4. The molecule has 0 saturated heterocycles. The molecule has 2 aromatic carbocycles. The Morgan fingerprint density at radius 3 is 2.30 bits per heavy atom. The number of amides is 1. The largest absolute Gasteiger partial charge is 0.493 e. The van der Waals surface area contributed by atoms with Gasteiger partial charge in [-0.15, -0.1) is 0 Å². The van der Waals surface area contributed by atoms with Crippen LogP contribution in [-0.4, -0.2) is 41.7 Å². The second kappa shape index (κ2) is 8.62. The van der Waals surface area contributed by atoms with Gasteiger partial charge in [-0.05, 0) is 29.8 Å². The van der Waals surface area contributed by atoms with E-state index in [1.54, 1.807) is 24.3 Å². The summed E-state index contributed by atoms with van der Waals surface area (Å²) in [5, 5.41) is 10.1. The predicted octanol–water partition coefficient (Wildman–Crippen LogP) is 3.34. The number of nitrogens with zero attached hydrogens (tertiary/aromatic N) is 1. The van der Waals surface area contributed by atoms with Crippen molar-refractivity contribution >= 4 is 5.91 Å². The van der Waals surface area contributed by atoms with Crippen LogP contribution < -0.4 is 14.9 Å². The third-order valence-corrected chi connectivity index (χ3v) is 4.39. The van der Waals surface area contributed by atoms with Gasteiger partial charge in [0, 0.05) is 11.6 Å². The lowest BCUT2D eigenvalue weighted by Crippen LogP contribution is -2.56.